The predicted octanol–water partition coefficient (Wildman–Crippen LogP) is 5.71. The van der Waals surface area contributed by atoms with Gasteiger partial charge in [-0.25, -0.2) is 4.79 Å². The van der Waals surface area contributed by atoms with Crippen molar-refractivity contribution in [2.75, 3.05) is 6.61 Å². The molecule has 0 saturated heterocycles. The number of aliphatic hydroxyl groups is 1. The van der Waals surface area contributed by atoms with Crippen LogP contribution >= 0.6 is 0 Å². The minimum Gasteiger partial charge on any atom is -0.465 e. The zero-order valence-electron chi connectivity index (χ0n) is 26.7. The van der Waals surface area contributed by atoms with Crippen LogP contribution in [0.15, 0.2) is 64.5 Å². The highest BCUT2D eigenvalue weighted by Gasteiger charge is 2.32. The van der Waals surface area contributed by atoms with Crippen LogP contribution in [0.4, 0.5) is 0 Å². The topological polar surface area (TPSA) is 167 Å². The number of rotatable bonds is 13. The van der Waals surface area contributed by atoms with E-state index < -0.39 is 18.7 Å². The van der Waals surface area contributed by atoms with Crippen molar-refractivity contribution in [2.45, 2.75) is 97.0 Å². The number of aliphatic hydroxyl groups excluding tert-OH is 1. The number of nitrogens with two attached hydrogens (primary N) is 1. The summed E-state index contributed by atoms with van der Waals surface area (Å²) in [5.74, 6) is -0.255. The lowest BCUT2D eigenvalue weighted by Crippen LogP contribution is -2.31. The number of fused-ring (bicyclic) bond motifs is 1. The van der Waals surface area contributed by atoms with Gasteiger partial charge in [-0.15, -0.1) is 5.10 Å². The third-order valence-corrected chi connectivity index (χ3v) is 8.47. The van der Waals surface area contributed by atoms with Gasteiger partial charge in [0.15, 0.2) is 5.84 Å². The van der Waals surface area contributed by atoms with Crippen molar-refractivity contribution in [3.05, 3.63) is 76.7 Å². The number of ether oxygens (including phenoxy) is 4. The Morgan fingerprint density at radius 1 is 1.24 bits per heavy atom. The molecule has 4 atom stereocenters. The summed E-state index contributed by atoms with van der Waals surface area (Å²) in [4.78, 5) is 18.4. The van der Waals surface area contributed by atoms with Gasteiger partial charge >= 0.3 is 5.97 Å². The molecule has 5 rings (SSSR count). The van der Waals surface area contributed by atoms with Crippen molar-refractivity contribution in [2.24, 2.45) is 22.0 Å². The number of hydrogen-bond acceptors (Lipinski definition) is 9. The predicted molar refractivity (Wildman–Crippen MR) is 172 cm³/mol. The largest absolute Gasteiger partial charge is 0.465 e. The molecule has 3 aliphatic carbocycles. The second-order valence-electron chi connectivity index (χ2n) is 11.9. The molecule has 4 unspecified atom stereocenters. The molecule has 0 spiro atoms. The van der Waals surface area contributed by atoms with Crippen LogP contribution in [-0.4, -0.2) is 51.9 Å². The van der Waals surface area contributed by atoms with Crippen molar-refractivity contribution < 1.29 is 28.8 Å². The average Bonchev–Trinajstić information content (AvgIpc) is 3.37. The smallest absolute Gasteiger partial charge is 0.342 e. The maximum absolute atomic E-state index is 13.6. The van der Waals surface area contributed by atoms with Gasteiger partial charge in [-0.2, -0.15) is 10.5 Å². The standard InChI is InChI=1S/C34H44N6O6/c1-4-43-33-37-29-19-21(2)18-28(32(41)44-22(3)45-34(42)46-25-10-6-5-7-11-25)30(29)40(33)20-23-14-16-24(17-15-23)26-12-8-9-13-27(26)31(35)38-39-36/h8-9,12-16,18,21-22,24-25,34,42H,4-7,10-11,17,19-20H2,1-3H3,(H3,35,36,38). The van der Waals surface area contributed by atoms with E-state index in [1.54, 1.807) is 6.92 Å². The summed E-state index contributed by atoms with van der Waals surface area (Å²) in [6.45, 7) is 4.86. The van der Waals surface area contributed by atoms with E-state index in [2.05, 4.69) is 28.6 Å². The van der Waals surface area contributed by atoms with E-state index in [1.165, 1.54) is 6.42 Å². The molecule has 1 heterocycles. The Labute approximate surface area is 269 Å². The first-order valence-corrected chi connectivity index (χ1v) is 16.1. The number of hydrogen-bond donors (Lipinski definition) is 3. The summed E-state index contributed by atoms with van der Waals surface area (Å²) in [7, 11) is 0. The number of imidazole rings is 1. The van der Waals surface area contributed by atoms with E-state index in [0.717, 1.165) is 54.5 Å². The van der Waals surface area contributed by atoms with E-state index in [1.807, 2.05) is 48.8 Å². The highest BCUT2D eigenvalue weighted by Crippen LogP contribution is 2.36. The van der Waals surface area contributed by atoms with Crippen molar-refractivity contribution in [1.82, 2.24) is 9.55 Å². The monoisotopic (exact) mass is 632 g/mol. The molecule has 12 heteroatoms. The van der Waals surface area contributed by atoms with Crippen molar-refractivity contribution >= 4 is 17.4 Å². The number of esters is 1. The van der Waals surface area contributed by atoms with Crippen LogP contribution < -0.4 is 10.5 Å². The molecule has 12 nitrogen and oxygen atoms in total. The fourth-order valence-corrected chi connectivity index (χ4v) is 6.36. The van der Waals surface area contributed by atoms with E-state index in [0.29, 0.717) is 36.8 Å². The number of carbonyl (C=O) groups excluding carboxylic acids is 1. The Hall–Kier alpha value is -4.13. The number of carbonyl (C=O) groups is 1. The van der Waals surface area contributed by atoms with Gasteiger partial charge in [-0.05, 0) is 56.6 Å². The minimum atomic E-state index is -1.48. The Morgan fingerprint density at radius 2 is 2.02 bits per heavy atom. The number of nitrogens with one attached hydrogen (secondary N) is 1. The van der Waals surface area contributed by atoms with Gasteiger partial charge in [-0.1, -0.05) is 80.0 Å². The molecule has 4 N–H and O–H groups in total. The molecule has 0 radical (unpaired) electrons. The highest BCUT2D eigenvalue weighted by molar-refractivity contribution is 6.16. The first kappa shape index (κ1) is 33.2. The van der Waals surface area contributed by atoms with Crippen molar-refractivity contribution in [3.8, 4) is 6.01 Å². The molecule has 46 heavy (non-hydrogen) atoms. The summed E-state index contributed by atoms with van der Waals surface area (Å²) < 4.78 is 24.6. The number of nitrogens with zero attached hydrogens (tertiary/aromatic N) is 4. The summed E-state index contributed by atoms with van der Waals surface area (Å²) in [5.41, 5.74) is 17.7. The summed E-state index contributed by atoms with van der Waals surface area (Å²) >= 11 is 0. The molecular weight excluding hydrogens is 588 g/mol. The van der Waals surface area contributed by atoms with Crippen molar-refractivity contribution in [3.63, 3.8) is 0 Å². The lowest BCUT2D eigenvalue weighted by molar-refractivity contribution is -0.327. The molecular formula is C34H44N6O6. The molecule has 246 valence electrons. The van der Waals surface area contributed by atoms with E-state index in [9.17, 15) is 9.90 Å². The van der Waals surface area contributed by atoms with Gasteiger partial charge < -0.3 is 25.1 Å². The number of allylic oxidation sites excluding steroid dienone is 5. The SMILES string of the molecule is CCOc1nc2c(n1CC1=CCC(c3ccccc3C(N)=NN=N)C=C1)C(C(=O)OC(C)OC(O)OC1CCCCC1)=CC(C)C2. The second kappa shape index (κ2) is 15.4. The zero-order valence-corrected chi connectivity index (χ0v) is 26.7. The molecule has 1 saturated carbocycles. The molecule has 2 aromatic rings. The molecule has 0 bridgehead atoms. The summed E-state index contributed by atoms with van der Waals surface area (Å²) in [5, 5.41) is 17.1. The number of benzene rings is 1. The van der Waals surface area contributed by atoms with E-state index in [-0.39, 0.29) is 23.8 Å². The lowest BCUT2D eigenvalue weighted by Gasteiger charge is -2.26. The Balaban J connectivity index is 1.32. The van der Waals surface area contributed by atoms with Crippen LogP contribution in [0.25, 0.3) is 5.57 Å². The van der Waals surface area contributed by atoms with Gasteiger partial charge in [0.1, 0.15) is 0 Å². The molecule has 0 amide bonds. The average molecular weight is 633 g/mol. The maximum atomic E-state index is 13.6. The van der Waals surface area contributed by atoms with Gasteiger partial charge in [0.25, 0.3) is 12.5 Å². The van der Waals surface area contributed by atoms with Crippen molar-refractivity contribution in [1.29, 1.82) is 5.53 Å². The molecule has 0 aliphatic heterocycles. The van der Waals surface area contributed by atoms with Gasteiger partial charge in [-0.3, -0.25) is 9.30 Å². The van der Waals surface area contributed by atoms with Crippen LogP contribution in [-0.2, 0) is 32.0 Å². The first-order valence-electron chi connectivity index (χ1n) is 16.1. The molecule has 3 aliphatic rings. The quantitative estimate of drug-likeness (QED) is 0.0630. The van der Waals surface area contributed by atoms with Crippen LogP contribution in [0.1, 0.15) is 87.7 Å². The fraction of sp³-hybridized carbons (Fsp3) is 0.500. The highest BCUT2D eigenvalue weighted by atomic mass is 16.8. The molecule has 1 fully saturated rings. The zero-order chi connectivity index (χ0) is 32.6. The Kier molecular flexibility index (Phi) is 11.2. The fourth-order valence-electron chi connectivity index (χ4n) is 6.36. The van der Waals surface area contributed by atoms with Crippen LogP contribution in [0.5, 0.6) is 6.01 Å². The first-order chi connectivity index (χ1) is 22.3. The number of amidine groups is 1. The maximum Gasteiger partial charge on any atom is 0.342 e. The van der Waals surface area contributed by atoms with Crippen LogP contribution in [0.2, 0.25) is 0 Å². The number of aromatic nitrogens is 2. The molecule has 1 aromatic carbocycles. The summed E-state index contributed by atoms with van der Waals surface area (Å²) in [6.07, 6.45) is 13.5. The van der Waals surface area contributed by atoms with Gasteiger partial charge in [0.2, 0.25) is 6.29 Å². The van der Waals surface area contributed by atoms with Crippen LogP contribution in [0.3, 0.4) is 0 Å². The van der Waals surface area contributed by atoms with E-state index >= 15 is 0 Å². The normalized spacial score (nSPS) is 21.5. The van der Waals surface area contributed by atoms with Gasteiger partial charge in [0.05, 0.1) is 36.2 Å². The summed E-state index contributed by atoms with van der Waals surface area (Å²) in [6, 6.07) is 8.15. The molecule has 1 aromatic heterocycles. The third-order valence-electron chi connectivity index (χ3n) is 8.47. The Bertz CT molecular complexity index is 1520. The second-order valence-corrected chi connectivity index (χ2v) is 11.9. The third kappa shape index (κ3) is 7.98. The minimum absolute atomic E-state index is 0.0535. The van der Waals surface area contributed by atoms with Gasteiger partial charge in [0, 0.05) is 11.5 Å². The lowest BCUT2D eigenvalue weighted by atomic mass is 9.87. The van der Waals surface area contributed by atoms with E-state index in [4.69, 9.17) is 35.2 Å². The van der Waals surface area contributed by atoms with Crippen LogP contribution in [0, 0.1) is 11.4 Å². The Morgan fingerprint density at radius 3 is 2.74 bits per heavy atom.